The summed E-state index contributed by atoms with van der Waals surface area (Å²) < 4.78 is 0. The molecule has 0 unspecified atom stereocenters. The minimum Gasteiger partial charge on any atom is -0.363 e. The van der Waals surface area contributed by atoms with Gasteiger partial charge in [-0.05, 0) is 18.2 Å². The predicted octanol–water partition coefficient (Wildman–Crippen LogP) is 5.17. The quantitative estimate of drug-likeness (QED) is 0.709. The van der Waals surface area contributed by atoms with Crippen LogP contribution in [0.25, 0.3) is 10.8 Å². The molecule has 0 spiro atoms. The molecule has 2 aromatic rings. The summed E-state index contributed by atoms with van der Waals surface area (Å²) >= 11 is 0. The number of H-pyrrole nitrogens is 1. The van der Waals surface area contributed by atoms with Crippen LogP contribution in [0.3, 0.4) is 0 Å². The molecule has 1 saturated carbocycles. The molecule has 1 aromatic carbocycles. The minimum absolute atomic E-state index is 0.351. The summed E-state index contributed by atoms with van der Waals surface area (Å²) in [6, 6.07) is 8.76. The third-order valence-electron chi connectivity index (χ3n) is 4.66. The molecule has 0 radical (unpaired) electrons. The van der Waals surface area contributed by atoms with Crippen molar-refractivity contribution in [2.75, 3.05) is 0 Å². The molecule has 1 heteroatoms. The first-order valence-corrected chi connectivity index (χ1v) is 7.36. The summed E-state index contributed by atoms with van der Waals surface area (Å²) in [4.78, 5) is 3.57. The van der Waals surface area contributed by atoms with E-state index >= 15 is 0 Å². The monoisotopic (exact) mass is 241 g/mol. The Balaban J connectivity index is 2.00. The fraction of sp³-hybridized carbons (Fsp3) is 0.529. The van der Waals surface area contributed by atoms with Gasteiger partial charge in [0.15, 0.2) is 0 Å². The third-order valence-corrected chi connectivity index (χ3v) is 4.66. The molecule has 1 aromatic heterocycles. The number of rotatable bonds is 1. The van der Waals surface area contributed by atoms with Gasteiger partial charge in [0.1, 0.15) is 0 Å². The number of fused-ring (bicyclic) bond motifs is 1. The van der Waals surface area contributed by atoms with Crippen molar-refractivity contribution in [3.8, 4) is 0 Å². The van der Waals surface area contributed by atoms with Crippen LogP contribution in [0.1, 0.15) is 57.6 Å². The van der Waals surface area contributed by atoms with Crippen molar-refractivity contribution < 1.29 is 0 Å². The highest BCUT2D eigenvalue weighted by molar-refractivity contribution is 5.86. The number of benzene rings is 1. The van der Waals surface area contributed by atoms with Crippen LogP contribution >= 0.6 is 0 Å². The van der Waals surface area contributed by atoms with Crippen LogP contribution in [0.2, 0.25) is 0 Å². The Bertz CT molecular complexity index is 515. The maximum atomic E-state index is 3.57. The van der Waals surface area contributed by atoms with E-state index in [1.807, 2.05) is 0 Å². The van der Waals surface area contributed by atoms with Crippen LogP contribution in [-0.2, 0) is 5.41 Å². The highest BCUT2D eigenvalue weighted by Gasteiger charge is 2.29. The smallest absolute Gasteiger partial charge is 0.0287 e. The van der Waals surface area contributed by atoms with Crippen LogP contribution in [0, 0.1) is 0 Å². The van der Waals surface area contributed by atoms with Crippen molar-refractivity contribution in [3.05, 3.63) is 36.2 Å². The van der Waals surface area contributed by atoms with Gasteiger partial charge >= 0.3 is 0 Å². The van der Waals surface area contributed by atoms with Crippen molar-refractivity contribution in [1.82, 2.24) is 4.98 Å². The topological polar surface area (TPSA) is 15.8 Å². The zero-order chi connectivity index (χ0) is 12.4. The zero-order valence-electron chi connectivity index (χ0n) is 11.3. The van der Waals surface area contributed by atoms with E-state index in [0.29, 0.717) is 5.41 Å². The maximum Gasteiger partial charge on any atom is 0.0287 e. The second kappa shape index (κ2) is 4.79. The molecule has 0 atom stereocenters. The Morgan fingerprint density at radius 3 is 2.39 bits per heavy atom. The molecule has 18 heavy (non-hydrogen) atoms. The van der Waals surface area contributed by atoms with Gasteiger partial charge in [0.2, 0.25) is 0 Å². The molecule has 0 bridgehead atoms. The van der Waals surface area contributed by atoms with Crippen molar-refractivity contribution >= 4 is 10.8 Å². The number of hydrogen-bond donors (Lipinski definition) is 1. The first kappa shape index (κ1) is 11.8. The molecule has 96 valence electrons. The molecule has 1 aliphatic rings. The van der Waals surface area contributed by atoms with Crippen LogP contribution in [0.15, 0.2) is 30.5 Å². The van der Waals surface area contributed by atoms with Gasteiger partial charge in [0, 0.05) is 22.7 Å². The third kappa shape index (κ3) is 2.07. The fourth-order valence-electron chi connectivity index (χ4n) is 3.51. The number of aromatic amines is 1. The van der Waals surface area contributed by atoms with E-state index in [1.54, 1.807) is 0 Å². The molecule has 1 N–H and O–H groups in total. The average Bonchev–Trinajstić information content (AvgIpc) is 2.79. The molecular formula is C17H23N. The molecule has 1 nitrogen and oxygen atoms in total. The van der Waals surface area contributed by atoms with Crippen LogP contribution < -0.4 is 0 Å². The highest BCUT2D eigenvalue weighted by atomic mass is 14.7. The number of aromatic nitrogens is 1. The van der Waals surface area contributed by atoms with E-state index in [2.05, 4.69) is 42.4 Å². The van der Waals surface area contributed by atoms with Gasteiger partial charge in [-0.3, -0.25) is 0 Å². The average molecular weight is 241 g/mol. The highest BCUT2D eigenvalue weighted by Crippen LogP contribution is 2.39. The predicted molar refractivity (Wildman–Crippen MR) is 78.0 cm³/mol. The molecular weight excluding hydrogens is 218 g/mol. The summed E-state index contributed by atoms with van der Waals surface area (Å²) in [6.45, 7) is 2.45. The summed E-state index contributed by atoms with van der Waals surface area (Å²) in [7, 11) is 0. The summed E-state index contributed by atoms with van der Waals surface area (Å²) in [5.74, 6) is 0. The van der Waals surface area contributed by atoms with Crippen LogP contribution in [-0.4, -0.2) is 4.98 Å². The molecule has 1 aliphatic carbocycles. The minimum atomic E-state index is 0.351. The van der Waals surface area contributed by atoms with E-state index in [9.17, 15) is 0 Å². The standard InChI is InChI=1S/C17H23N/c1-17(11-7-3-2-4-8-12-17)16-15-10-6-5-9-14(15)13-18-16/h5-6,9-10,13,18H,2-4,7-8,11-12H2,1H3. The van der Waals surface area contributed by atoms with Gasteiger partial charge in [-0.1, -0.05) is 63.3 Å². The van der Waals surface area contributed by atoms with E-state index < -0.39 is 0 Å². The first-order valence-electron chi connectivity index (χ1n) is 7.36. The molecule has 3 rings (SSSR count). The lowest BCUT2D eigenvalue weighted by Crippen LogP contribution is -2.23. The van der Waals surface area contributed by atoms with E-state index in [1.165, 1.54) is 61.4 Å². The summed E-state index contributed by atoms with van der Waals surface area (Å²) in [5, 5.41) is 2.79. The van der Waals surface area contributed by atoms with Crippen LogP contribution in [0.5, 0.6) is 0 Å². The second-order valence-corrected chi connectivity index (χ2v) is 6.08. The Hall–Kier alpha value is -1.24. The lowest BCUT2D eigenvalue weighted by Gasteiger charge is -2.31. The lowest BCUT2D eigenvalue weighted by molar-refractivity contribution is 0.336. The van der Waals surface area contributed by atoms with E-state index in [4.69, 9.17) is 0 Å². The molecule has 0 aliphatic heterocycles. The zero-order valence-corrected chi connectivity index (χ0v) is 11.3. The Morgan fingerprint density at radius 2 is 1.61 bits per heavy atom. The maximum absolute atomic E-state index is 3.57. The molecule has 0 saturated heterocycles. The normalized spacial score (nSPS) is 20.5. The van der Waals surface area contributed by atoms with Gasteiger partial charge in [-0.15, -0.1) is 0 Å². The Morgan fingerprint density at radius 1 is 0.944 bits per heavy atom. The van der Waals surface area contributed by atoms with Crippen molar-refractivity contribution in [3.63, 3.8) is 0 Å². The number of nitrogens with one attached hydrogen (secondary N) is 1. The van der Waals surface area contributed by atoms with Crippen molar-refractivity contribution in [1.29, 1.82) is 0 Å². The first-order chi connectivity index (χ1) is 8.80. The van der Waals surface area contributed by atoms with Gasteiger partial charge < -0.3 is 4.98 Å². The van der Waals surface area contributed by atoms with Gasteiger partial charge in [-0.25, -0.2) is 0 Å². The number of hydrogen-bond acceptors (Lipinski definition) is 0. The van der Waals surface area contributed by atoms with Crippen LogP contribution in [0.4, 0.5) is 0 Å². The van der Waals surface area contributed by atoms with Gasteiger partial charge in [0.05, 0.1) is 0 Å². The molecule has 1 fully saturated rings. The second-order valence-electron chi connectivity index (χ2n) is 6.08. The van der Waals surface area contributed by atoms with E-state index in [-0.39, 0.29) is 0 Å². The fourth-order valence-corrected chi connectivity index (χ4v) is 3.51. The molecule has 1 heterocycles. The molecule has 0 amide bonds. The summed E-state index contributed by atoms with van der Waals surface area (Å²) in [5.41, 5.74) is 1.82. The van der Waals surface area contributed by atoms with Crippen molar-refractivity contribution in [2.45, 2.75) is 57.3 Å². The van der Waals surface area contributed by atoms with Crippen molar-refractivity contribution in [2.24, 2.45) is 0 Å². The largest absolute Gasteiger partial charge is 0.363 e. The van der Waals surface area contributed by atoms with Gasteiger partial charge in [-0.2, -0.15) is 0 Å². The Labute approximate surface area is 110 Å². The Kier molecular flexibility index (Phi) is 3.15. The SMILES string of the molecule is CC1(c2[nH]cc3ccccc23)CCCCCCC1. The van der Waals surface area contributed by atoms with Gasteiger partial charge in [0.25, 0.3) is 0 Å². The summed E-state index contributed by atoms with van der Waals surface area (Å²) in [6.07, 6.45) is 11.8. The van der Waals surface area contributed by atoms with E-state index in [0.717, 1.165) is 0 Å². The lowest BCUT2D eigenvalue weighted by atomic mass is 9.74.